The molecule has 5 nitrogen and oxygen atoms in total. The highest BCUT2D eigenvalue weighted by Gasteiger charge is 2.15. The van der Waals surface area contributed by atoms with Gasteiger partial charge in [-0.05, 0) is 24.3 Å². The van der Waals surface area contributed by atoms with E-state index >= 15 is 0 Å². The summed E-state index contributed by atoms with van der Waals surface area (Å²) in [6.45, 7) is 2.19. The van der Waals surface area contributed by atoms with Crippen LogP contribution in [0.25, 0.3) is 11.0 Å². The molecule has 0 amide bonds. The average Bonchev–Trinajstić information content (AvgIpc) is 2.96. The second-order valence-electron chi connectivity index (χ2n) is 5.24. The molecule has 23 heavy (non-hydrogen) atoms. The van der Waals surface area contributed by atoms with Gasteiger partial charge in [0.05, 0.1) is 23.9 Å². The number of nitrogens with zero attached hydrogens (tertiary/aromatic N) is 2. The van der Waals surface area contributed by atoms with E-state index in [0.717, 1.165) is 16.8 Å². The Labute approximate surface area is 134 Å². The van der Waals surface area contributed by atoms with Gasteiger partial charge in [-0.1, -0.05) is 30.3 Å². The molecule has 1 heterocycles. The number of hydrogen-bond acceptors (Lipinski definition) is 4. The van der Waals surface area contributed by atoms with E-state index in [1.165, 1.54) is 6.92 Å². The molecule has 0 bridgehead atoms. The quantitative estimate of drug-likeness (QED) is 0.657. The summed E-state index contributed by atoms with van der Waals surface area (Å²) in [5, 5.41) is 0. The van der Waals surface area contributed by atoms with E-state index < -0.39 is 0 Å². The van der Waals surface area contributed by atoms with Crippen molar-refractivity contribution in [2.45, 2.75) is 19.6 Å². The van der Waals surface area contributed by atoms with E-state index in [2.05, 4.69) is 4.98 Å². The number of hydrogen-bond donors (Lipinski definition) is 0. The van der Waals surface area contributed by atoms with Gasteiger partial charge in [-0.25, -0.2) is 4.98 Å². The van der Waals surface area contributed by atoms with Crippen molar-refractivity contribution < 1.29 is 14.3 Å². The number of rotatable bonds is 6. The Hall–Kier alpha value is -2.82. The van der Waals surface area contributed by atoms with Crippen LogP contribution in [0.15, 0.2) is 60.9 Å². The summed E-state index contributed by atoms with van der Waals surface area (Å²) < 4.78 is 13.1. The monoisotopic (exact) mass is 310 g/mol. The molecule has 1 atom stereocenters. The van der Waals surface area contributed by atoms with Crippen LogP contribution in [-0.4, -0.2) is 28.2 Å². The molecule has 3 aromatic rings. The molecule has 0 aliphatic heterocycles. The van der Waals surface area contributed by atoms with Crippen molar-refractivity contribution >= 4 is 17.0 Å². The topological polar surface area (TPSA) is 53.4 Å². The number of esters is 1. The number of fused-ring (bicyclic) bond motifs is 1. The normalized spacial score (nSPS) is 12.0. The lowest BCUT2D eigenvalue weighted by Crippen LogP contribution is -2.28. The molecule has 0 spiro atoms. The molecule has 0 saturated heterocycles. The third-order valence-electron chi connectivity index (χ3n) is 3.44. The van der Waals surface area contributed by atoms with Gasteiger partial charge in [0.15, 0.2) is 6.10 Å². The molecule has 1 aromatic heterocycles. The Morgan fingerprint density at radius 3 is 2.65 bits per heavy atom. The first kappa shape index (κ1) is 15.1. The van der Waals surface area contributed by atoms with Crippen LogP contribution in [0, 0.1) is 0 Å². The summed E-state index contributed by atoms with van der Waals surface area (Å²) >= 11 is 0. The molecule has 5 heteroatoms. The lowest BCUT2D eigenvalue weighted by molar-refractivity contribution is -0.148. The molecule has 0 aliphatic carbocycles. The van der Waals surface area contributed by atoms with Gasteiger partial charge in [0, 0.05) is 6.92 Å². The predicted molar refractivity (Wildman–Crippen MR) is 87.2 cm³/mol. The Kier molecular flexibility index (Phi) is 4.57. The molecule has 3 rings (SSSR count). The van der Waals surface area contributed by atoms with Gasteiger partial charge in [-0.15, -0.1) is 0 Å². The van der Waals surface area contributed by atoms with Gasteiger partial charge in [0.1, 0.15) is 12.4 Å². The first-order chi connectivity index (χ1) is 11.2. The van der Waals surface area contributed by atoms with Crippen LogP contribution in [0.3, 0.4) is 0 Å². The third-order valence-corrected chi connectivity index (χ3v) is 3.44. The van der Waals surface area contributed by atoms with Crippen LogP contribution in [-0.2, 0) is 16.1 Å². The van der Waals surface area contributed by atoms with Crippen molar-refractivity contribution in [3.05, 3.63) is 60.9 Å². The molecule has 118 valence electrons. The SMILES string of the molecule is CC(=O)O[C@H](COc1ccccc1)Cn1cnc2ccccc21. The van der Waals surface area contributed by atoms with Gasteiger partial charge in [-0.3, -0.25) is 4.79 Å². The van der Waals surface area contributed by atoms with Gasteiger partial charge in [0.2, 0.25) is 0 Å². The second kappa shape index (κ2) is 6.96. The molecular formula is C18H18N2O3. The van der Waals surface area contributed by atoms with Crippen LogP contribution in [0.5, 0.6) is 5.75 Å². The van der Waals surface area contributed by atoms with Gasteiger partial charge < -0.3 is 14.0 Å². The third kappa shape index (κ3) is 3.88. The average molecular weight is 310 g/mol. The molecule has 0 N–H and O–H groups in total. The molecule has 0 aliphatic rings. The van der Waals surface area contributed by atoms with Crippen LogP contribution in [0.4, 0.5) is 0 Å². The number of carbonyl (C=O) groups excluding carboxylic acids is 1. The van der Waals surface area contributed by atoms with E-state index in [0.29, 0.717) is 6.54 Å². The second-order valence-corrected chi connectivity index (χ2v) is 5.24. The highest BCUT2D eigenvalue weighted by molar-refractivity contribution is 5.74. The van der Waals surface area contributed by atoms with E-state index in [1.807, 2.05) is 59.2 Å². The van der Waals surface area contributed by atoms with Crippen molar-refractivity contribution in [3.8, 4) is 5.75 Å². The molecule has 0 radical (unpaired) electrons. The minimum absolute atomic E-state index is 0.288. The largest absolute Gasteiger partial charge is 0.490 e. The number of aromatic nitrogens is 2. The predicted octanol–water partition coefficient (Wildman–Crippen LogP) is 3.05. The minimum Gasteiger partial charge on any atom is -0.490 e. The molecule has 2 aromatic carbocycles. The minimum atomic E-state index is -0.384. The highest BCUT2D eigenvalue weighted by Crippen LogP contribution is 2.14. The summed E-state index contributed by atoms with van der Waals surface area (Å²) in [4.78, 5) is 15.7. The first-order valence-corrected chi connectivity index (χ1v) is 7.47. The molecular weight excluding hydrogens is 292 g/mol. The summed E-state index contributed by atoms with van der Waals surface area (Å²) in [6.07, 6.45) is 1.37. The van der Waals surface area contributed by atoms with Gasteiger partial charge in [0.25, 0.3) is 0 Å². The molecule has 0 saturated carbocycles. The van der Waals surface area contributed by atoms with E-state index in [1.54, 1.807) is 6.33 Å². The highest BCUT2D eigenvalue weighted by atomic mass is 16.6. The molecule has 0 fully saturated rings. The zero-order valence-electron chi connectivity index (χ0n) is 12.9. The van der Waals surface area contributed by atoms with Crippen LogP contribution in [0.2, 0.25) is 0 Å². The Balaban J connectivity index is 1.72. The Morgan fingerprint density at radius 1 is 1.13 bits per heavy atom. The maximum atomic E-state index is 11.4. The summed E-state index contributed by atoms with van der Waals surface area (Å²) in [5.41, 5.74) is 1.92. The van der Waals surface area contributed by atoms with Crippen molar-refractivity contribution in [1.82, 2.24) is 9.55 Å². The standard InChI is InChI=1S/C18H18N2O3/c1-14(21)23-16(12-22-15-7-3-2-4-8-15)11-20-13-19-17-9-5-6-10-18(17)20/h2-10,13,16H,11-12H2,1H3/t16-/m0/s1. The van der Waals surface area contributed by atoms with E-state index in [4.69, 9.17) is 9.47 Å². The Bertz CT molecular complexity index is 783. The fourth-order valence-corrected chi connectivity index (χ4v) is 2.44. The lowest BCUT2D eigenvalue weighted by atomic mass is 10.3. The van der Waals surface area contributed by atoms with Crippen molar-refractivity contribution in [2.24, 2.45) is 0 Å². The molecule has 0 unspecified atom stereocenters. The number of carbonyl (C=O) groups is 1. The van der Waals surface area contributed by atoms with Crippen molar-refractivity contribution in [1.29, 1.82) is 0 Å². The first-order valence-electron chi connectivity index (χ1n) is 7.47. The zero-order chi connectivity index (χ0) is 16.1. The maximum Gasteiger partial charge on any atom is 0.303 e. The summed E-state index contributed by atoms with van der Waals surface area (Å²) in [7, 11) is 0. The number of ether oxygens (including phenoxy) is 2. The smallest absolute Gasteiger partial charge is 0.303 e. The van der Waals surface area contributed by atoms with Gasteiger partial charge in [-0.2, -0.15) is 0 Å². The maximum absolute atomic E-state index is 11.4. The summed E-state index contributed by atoms with van der Waals surface area (Å²) in [6, 6.07) is 17.3. The van der Waals surface area contributed by atoms with Crippen LogP contribution in [0.1, 0.15) is 6.92 Å². The van der Waals surface area contributed by atoms with Crippen LogP contribution < -0.4 is 4.74 Å². The lowest BCUT2D eigenvalue weighted by Gasteiger charge is -2.18. The van der Waals surface area contributed by atoms with Crippen molar-refractivity contribution in [3.63, 3.8) is 0 Å². The Morgan fingerprint density at radius 2 is 1.87 bits per heavy atom. The number of para-hydroxylation sites is 3. The van der Waals surface area contributed by atoms with Crippen LogP contribution >= 0.6 is 0 Å². The zero-order valence-corrected chi connectivity index (χ0v) is 12.9. The summed E-state index contributed by atoms with van der Waals surface area (Å²) in [5.74, 6) is 0.427. The van der Waals surface area contributed by atoms with E-state index in [9.17, 15) is 4.79 Å². The van der Waals surface area contributed by atoms with E-state index in [-0.39, 0.29) is 18.7 Å². The van der Waals surface area contributed by atoms with Crippen molar-refractivity contribution in [2.75, 3.05) is 6.61 Å². The fraction of sp³-hybridized carbons (Fsp3) is 0.222. The number of benzene rings is 2. The van der Waals surface area contributed by atoms with Gasteiger partial charge >= 0.3 is 5.97 Å². The number of imidazole rings is 1. The fourth-order valence-electron chi connectivity index (χ4n) is 2.44.